The van der Waals surface area contributed by atoms with Gasteiger partial charge in [0.25, 0.3) is 11.7 Å². The van der Waals surface area contributed by atoms with Gasteiger partial charge in [0.2, 0.25) is 0 Å². The number of piperidine rings is 3. The average molecular weight is 327 g/mol. The minimum atomic E-state index is -0.551. The Labute approximate surface area is 140 Å². The van der Waals surface area contributed by atoms with Crippen LogP contribution in [0.25, 0.3) is 10.9 Å². The van der Waals surface area contributed by atoms with Gasteiger partial charge in [-0.1, -0.05) is 0 Å². The second kappa shape index (κ2) is 5.63. The monoisotopic (exact) mass is 327 g/mol. The molecule has 1 atom stereocenters. The third-order valence-corrected chi connectivity index (χ3v) is 5.40. The van der Waals surface area contributed by atoms with E-state index < -0.39 is 11.7 Å². The van der Waals surface area contributed by atoms with Crippen molar-refractivity contribution in [3.8, 4) is 5.75 Å². The Morgan fingerprint density at radius 2 is 2.00 bits per heavy atom. The molecule has 3 aliphatic rings. The van der Waals surface area contributed by atoms with Gasteiger partial charge in [0.15, 0.2) is 0 Å². The van der Waals surface area contributed by atoms with Gasteiger partial charge in [-0.3, -0.25) is 9.59 Å². The molecule has 0 saturated carbocycles. The molecule has 1 aromatic carbocycles. The number of nitrogens with zero attached hydrogens (tertiary/aromatic N) is 2. The lowest BCUT2D eigenvalue weighted by atomic mass is 9.84. The Kier molecular flexibility index (Phi) is 3.57. The van der Waals surface area contributed by atoms with Crippen molar-refractivity contribution in [3.05, 3.63) is 30.0 Å². The topological polar surface area (TPSA) is 74.6 Å². The summed E-state index contributed by atoms with van der Waals surface area (Å²) < 4.78 is 1.80. The summed E-state index contributed by atoms with van der Waals surface area (Å²) in [5.74, 6) is -0.531. The van der Waals surface area contributed by atoms with Crippen molar-refractivity contribution in [3.63, 3.8) is 0 Å². The molecule has 5 rings (SSSR count). The van der Waals surface area contributed by atoms with E-state index in [0.717, 1.165) is 38.0 Å². The summed E-state index contributed by atoms with van der Waals surface area (Å²) in [6.07, 6.45) is 3.82. The van der Waals surface area contributed by atoms with Gasteiger partial charge in [0.05, 0.1) is 5.56 Å². The molecular weight excluding hydrogens is 306 g/mol. The van der Waals surface area contributed by atoms with Crippen molar-refractivity contribution < 1.29 is 14.7 Å². The Bertz CT molecular complexity index is 818. The summed E-state index contributed by atoms with van der Waals surface area (Å²) in [5, 5.41) is 13.2. The molecule has 3 saturated heterocycles. The lowest BCUT2D eigenvalue weighted by Crippen LogP contribution is -2.58. The third kappa shape index (κ3) is 2.47. The third-order valence-electron chi connectivity index (χ3n) is 5.40. The van der Waals surface area contributed by atoms with Crippen molar-refractivity contribution in [1.82, 2.24) is 14.8 Å². The van der Waals surface area contributed by atoms with Gasteiger partial charge in [-0.2, -0.15) is 0 Å². The second-order valence-electron chi connectivity index (χ2n) is 6.90. The molecule has 4 heterocycles. The van der Waals surface area contributed by atoms with Crippen molar-refractivity contribution in [1.29, 1.82) is 0 Å². The number of amides is 1. The number of nitrogens with one attached hydrogen (secondary N) is 1. The van der Waals surface area contributed by atoms with Gasteiger partial charge in [0.1, 0.15) is 5.75 Å². The van der Waals surface area contributed by atoms with E-state index in [9.17, 15) is 14.7 Å². The lowest BCUT2D eigenvalue weighted by molar-refractivity contribution is -0.119. The number of benzene rings is 1. The molecule has 126 valence electrons. The van der Waals surface area contributed by atoms with Crippen molar-refractivity contribution >= 4 is 22.6 Å². The lowest BCUT2D eigenvalue weighted by Gasteiger charge is -2.44. The molecule has 1 amide bonds. The summed E-state index contributed by atoms with van der Waals surface area (Å²) in [5.41, 5.74) is 1.15. The molecule has 0 aliphatic carbocycles. The van der Waals surface area contributed by atoms with Crippen LogP contribution in [-0.4, -0.2) is 51.9 Å². The van der Waals surface area contributed by atoms with Crippen LogP contribution in [-0.2, 0) is 11.8 Å². The van der Waals surface area contributed by atoms with Crippen molar-refractivity contribution in [2.75, 3.05) is 19.6 Å². The smallest absolute Gasteiger partial charge is 0.292 e. The predicted octanol–water partition coefficient (Wildman–Crippen LogP) is 1.28. The van der Waals surface area contributed by atoms with Gasteiger partial charge in [0, 0.05) is 36.7 Å². The van der Waals surface area contributed by atoms with E-state index in [-0.39, 0.29) is 11.8 Å². The summed E-state index contributed by atoms with van der Waals surface area (Å²) in [6, 6.07) is 4.91. The highest BCUT2D eigenvalue weighted by atomic mass is 16.3. The first-order chi connectivity index (χ1) is 11.5. The van der Waals surface area contributed by atoms with E-state index in [2.05, 4.69) is 10.2 Å². The Balaban J connectivity index is 1.57. The fourth-order valence-electron chi connectivity index (χ4n) is 4.05. The van der Waals surface area contributed by atoms with E-state index in [1.807, 2.05) is 7.05 Å². The highest BCUT2D eigenvalue weighted by Gasteiger charge is 2.36. The second-order valence-corrected chi connectivity index (χ2v) is 6.90. The number of aromatic nitrogens is 1. The van der Waals surface area contributed by atoms with Crippen LogP contribution in [0.5, 0.6) is 5.75 Å². The molecule has 6 nitrogen and oxygen atoms in total. The van der Waals surface area contributed by atoms with E-state index in [1.54, 1.807) is 22.9 Å². The molecule has 3 fully saturated rings. The normalized spacial score (nSPS) is 25.8. The van der Waals surface area contributed by atoms with Gasteiger partial charge in [-0.25, -0.2) is 0 Å². The van der Waals surface area contributed by atoms with Crippen LogP contribution in [0.15, 0.2) is 24.4 Å². The maximum atomic E-state index is 12.6. The summed E-state index contributed by atoms with van der Waals surface area (Å²) in [6.45, 7) is 3.02. The van der Waals surface area contributed by atoms with E-state index in [1.165, 1.54) is 6.07 Å². The molecule has 2 N–H and O–H groups in total. The largest absolute Gasteiger partial charge is 0.508 e. The number of fused-ring (bicyclic) bond motifs is 4. The van der Waals surface area contributed by atoms with Crippen LogP contribution < -0.4 is 5.32 Å². The Morgan fingerprint density at radius 3 is 2.67 bits per heavy atom. The SMILES string of the molecule is Cn1cc(C(=O)C(=O)N[C@@H]2CN3CCC2CC3)c2cc(O)ccc21. The molecule has 3 aliphatic heterocycles. The standard InChI is InChI=1S/C18H21N3O3/c1-20-9-14(13-8-12(22)2-3-16(13)20)17(23)18(24)19-15-10-21-6-4-11(15)5-7-21/h2-3,8-9,11,15,22H,4-7,10H2,1H3,(H,19,24)/t15-/m1/s1. The van der Waals surface area contributed by atoms with Crippen LogP contribution in [0, 0.1) is 5.92 Å². The fraction of sp³-hybridized carbons (Fsp3) is 0.444. The number of carbonyl (C=O) groups is 2. The first kappa shape index (κ1) is 15.2. The number of Topliss-reactive ketones (excluding diaryl/α,β-unsaturated/α-hetero) is 1. The zero-order valence-electron chi connectivity index (χ0n) is 13.7. The van der Waals surface area contributed by atoms with Gasteiger partial charge in [-0.05, 0) is 50.0 Å². The minimum Gasteiger partial charge on any atom is -0.508 e. The maximum absolute atomic E-state index is 12.6. The van der Waals surface area contributed by atoms with Crippen molar-refractivity contribution in [2.24, 2.45) is 13.0 Å². The summed E-state index contributed by atoms with van der Waals surface area (Å²) in [7, 11) is 1.82. The zero-order chi connectivity index (χ0) is 16.8. The first-order valence-electron chi connectivity index (χ1n) is 8.38. The molecule has 0 unspecified atom stereocenters. The van der Waals surface area contributed by atoms with Gasteiger partial charge >= 0.3 is 0 Å². The number of phenols is 1. The number of carbonyl (C=O) groups excluding carboxylic acids is 2. The van der Waals surface area contributed by atoms with Crippen LogP contribution in [0.1, 0.15) is 23.2 Å². The highest BCUT2D eigenvalue weighted by molar-refractivity contribution is 6.45. The van der Waals surface area contributed by atoms with E-state index in [4.69, 9.17) is 0 Å². The molecule has 2 bridgehead atoms. The summed E-state index contributed by atoms with van der Waals surface area (Å²) in [4.78, 5) is 27.5. The molecule has 6 heteroatoms. The fourth-order valence-corrected chi connectivity index (χ4v) is 4.05. The van der Waals surface area contributed by atoms with E-state index in [0.29, 0.717) is 16.9 Å². The predicted molar refractivity (Wildman–Crippen MR) is 90.0 cm³/mol. The quantitative estimate of drug-likeness (QED) is 0.658. The van der Waals surface area contributed by atoms with Crippen LogP contribution in [0.4, 0.5) is 0 Å². The van der Waals surface area contributed by atoms with E-state index >= 15 is 0 Å². The molecule has 24 heavy (non-hydrogen) atoms. The number of ketones is 1. The maximum Gasteiger partial charge on any atom is 0.292 e. The molecule has 1 aromatic heterocycles. The van der Waals surface area contributed by atoms with Gasteiger partial charge < -0.3 is 19.9 Å². The number of aryl methyl sites for hydroxylation is 1. The number of aromatic hydroxyl groups is 1. The number of hydrogen-bond acceptors (Lipinski definition) is 4. The van der Waals surface area contributed by atoms with Crippen LogP contribution in [0.3, 0.4) is 0 Å². The zero-order valence-corrected chi connectivity index (χ0v) is 13.7. The highest BCUT2D eigenvalue weighted by Crippen LogP contribution is 2.28. The Morgan fingerprint density at radius 1 is 1.25 bits per heavy atom. The Hall–Kier alpha value is -2.34. The molecule has 0 spiro atoms. The average Bonchev–Trinajstić information content (AvgIpc) is 2.91. The molecule has 0 radical (unpaired) electrons. The van der Waals surface area contributed by atoms with Crippen LogP contribution in [0.2, 0.25) is 0 Å². The summed E-state index contributed by atoms with van der Waals surface area (Å²) >= 11 is 0. The van der Waals surface area contributed by atoms with Crippen LogP contribution >= 0.6 is 0 Å². The number of rotatable bonds is 3. The first-order valence-corrected chi connectivity index (χ1v) is 8.38. The molecule has 2 aromatic rings. The van der Waals surface area contributed by atoms with Crippen molar-refractivity contribution in [2.45, 2.75) is 18.9 Å². The number of phenolic OH excluding ortho intramolecular Hbond substituents is 1. The van der Waals surface area contributed by atoms with Gasteiger partial charge in [-0.15, -0.1) is 0 Å². The molecular formula is C18H21N3O3. The number of hydrogen-bond donors (Lipinski definition) is 2. The minimum absolute atomic E-state index is 0.0623.